The molecule has 2 aromatic rings. The minimum atomic E-state index is -0.139. The van der Waals surface area contributed by atoms with Gasteiger partial charge in [0.15, 0.2) is 0 Å². The SMILES string of the molecule is CCn1nc(C)c(Cl)c1Cn1ncc(I)cc1=O. The van der Waals surface area contributed by atoms with Crippen molar-refractivity contribution in [2.24, 2.45) is 0 Å². The quantitative estimate of drug-likeness (QED) is 0.769. The van der Waals surface area contributed by atoms with E-state index in [1.807, 2.05) is 13.8 Å². The Bertz CT molecular complexity index is 634. The van der Waals surface area contributed by atoms with Crippen LogP contribution in [-0.2, 0) is 13.1 Å². The van der Waals surface area contributed by atoms with Gasteiger partial charge in [-0.15, -0.1) is 0 Å². The van der Waals surface area contributed by atoms with Crippen LogP contribution in [-0.4, -0.2) is 19.6 Å². The fraction of sp³-hybridized carbons (Fsp3) is 0.364. The molecule has 2 rings (SSSR count). The fourth-order valence-corrected chi connectivity index (χ4v) is 2.28. The van der Waals surface area contributed by atoms with E-state index >= 15 is 0 Å². The van der Waals surface area contributed by atoms with Gasteiger partial charge in [-0.1, -0.05) is 11.6 Å². The van der Waals surface area contributed by atoms with Gasteiger partial charge in [0.25, 0.3) is 5.56 Å². The molecule has 0 aliphatic carbocycles. The number of nitrogens with zero attached hydrogens (tertiary/aromatic N) is 4. The Kier molecular flexibility index (Phi) is 4.06. The van der Waals surface area contributed by atoms with Crippen molar-refractivity contribution >= 4 is 34.2 Å². The van der Waals surface area contributed by atoms with E-state index in [9.17, 15) is 4.79 Å². The van der Waals surface area contributed by atoms with Crippen molar-refractivity contribution in [1.82, 2.24) is 19.6 Å². The molecule has 0 saturated carbocycles. The van der Waals surface area contributed by atoms with Crippen LogP contribution in [0.25, 0.3) is 0 Å². The first kappa shape index (κ1) is 13.5. The highest BCUT2D eigenvalue weighted by atomic mass is 127. The third kappa shape index (κ3) is 2.59. The summed E-state index contributed by atoms with van der Waals surface area (Å²) in [7, 11) is 0. The predicted octanol–water partition coefficient (Wildman–Crippen LogP) is 2.07. The third-order valence-corrected chi connectivity index (χ3v) is 3.67. The number of aryl methyl sites for hydroxylation is 2. The second kappa shape index (κ2) is 5.40. The van der Waals surface area contributed by atoms with Gasteiger partial charge in [-0.2, -0.15) is 10.2 Å². The highest BCUT2D eigenvalue weighted by molar-refractivity contribution is 14.1. The summed E-state index contributed by atoms with van der Waals surface area (Å²) >= 11 is 8.26. The second-order valence-electron chi connectivity index (χ2n) is 3.83. The van der Waals surface area contributed by atoms with Gasteiger partial charge in [0.1, 0.15) is 0 Å². The normalized spacial score (nSPS) is 10.9. The monoisotopic (exact) mass is 378 g/mol. The summed E-state index contributed by atoms with van der Waals surface area (Å²) in [6.07, 6.45) is 1.65. The number of hydrogen-bond donors (Lipinski definition) is 0. The average molecular weight is 379 g/mol. The number of hydrogen-bond acceptors (Lipinski definition) is 3. The zero-order valence-corrected chi connectivity index (χ0v) is 12.9. The van der Waals surface area contributed by atoms with Crippen LogP contribution >= 0.6 is 34.2 Å². The van der Waals surface area contributed by atoms with Crippen LogP contribution in [0, 0.1) is 10.5 Å². The van der Waals surface area contributed by atoms with Gasteiger partial charge in [0.2, 0.25) is 0 Å². The van der Waals surface area contributed by atoms with Crippen LogP contribution in [0.4, 0.5) is 0 Å². The number of halogens is 2. The van der Waals surface area contributed by atoms with Crippen molar-refractivity contribution < 1.29 is 0 Å². The summed E-state index contributed by atoms with van der Waals surface area (Å²) in [6, 6.07) is 1.54. The molecular formula is C11H12ClIN4O. The maximum absolute atomic E-state index is 11.8. The molecule has 0 saturated heterocycles. The molecule has 0 atom stereocenters. The van der Waals surface area contributed by atoms with Crippen LogP contribution in [0.3, 0.4) is 0 Å². The average Bonchev–Trinajstić information content (AvgIpc) is 2.60. The lowest BCUT2D eigenvalue weighted by Gasteiger charge is -2.07. The van der Waals surface area contributed by atoms with Gasteiger partial charge in [0, 0.05) is 16.2 Å². The highest BCUT2D eigenvalue weighted by Crippen LogP contribution is 2.20. The van der Waals surface area contributed by atoms with E-state index < -0.39 is 0 Å². The van der Waals surface area contributed by atoms with Crippen LogP contribution in [0.5, 0.6) is 0 Å². The molecule has 0 aliphatic rings. The van der Waals surface area contributed by atoms with Crippen molar-refractivity contribution in [1.29, 1.82) is 0 Å². The molecule has 18 heavy (non-hydrogen) atoms. The van der Waals surface area contributed by atoms with Crippen LogP contribution in [0.15, 0.2) is 17.1 Å². The molecule has 96 valence electrons. The van der Waals surface area contributed by atoms with Crippen LogP contribution in [0.2, 0.25) is 5.02 Å². The second-order valence-corrected chi connectivity index (χ2v) is 5.46. The minimum absolute atomic E-state index is 0.139. The lowest BCUT2D eigenvalue weighted by molar-refractivity contribution is 0.558. The Labute approximate surface area is 123 Å². The Morgan fingerprint density at radius 3 is 2.78 bits per heavy atom. The van der Waals surface area contributed by atoms with E-state index in [0.29, 0.717) is 18.1 Å². The maximum atomic E-state index is 11.8. The van der Waals surface area contributed by atoms with E-state index in [0.717, 1.165) is 15.0 Å². The van der Waals surface area contributed by atoms with E-state index in [1.165, 1.54) is 4.68 Å². The molecule has 0 unspecified atom stereocenters. The van der Waals surface area contributed by atoms with Crippen LogP contribution < -0.4 is 5.56 Å². The Morgan fingerprint density at radius 2 is 2.17 bits per heavy atom. The lowest BCUT2D eigenvalue weighted by Crippen LogP contribution is -2.24. The van der Waals surface area contributed by atoms with Crippen molar-refractivity contribution in [3.05, 3.63) is 42.6 Å². The minimum Gasteiger partial charge on any atom is -0.268 e. The molecule has 0 fully saturated rings. The van der Waals surface area contributed by atoms with Crippen molar-refractivity contribution in [3.63, 3.8) is 0 Å². The van der Waals surface area contributed by atoms with Gasteiger partial charge >= 0.3 is 0 Å². The fourth-order valence-electron chi connectivity index (χ4n) is 1.69. The van der Waals surface area contributed by atoms with Gasteiger partial charge in [-0.3, -0.25) is 9.48 Å². The molecule has 2 heterocycles. The van der Waals surface area contributed by atoms with E-state index in [1.54, 1.807) is 16.9 Å². The molecule has 0 spiro atoms. The summed E-state index contributed by atoms with van der Waals surface area (Å²) in [4.78, 5) is 11.8. The summed E-state index contributed by atoms with van der Waals surface area (Å²) in [6.45, 7) is 4.88. The lowest BCUT2D eigenvalue weighted by atomic mass is 10.3. The molecule has 0 amide bonds. The van der Waals surface area contributed by atoms with Gasteiger partial charge in [-0.25, -0.2) is 4.68 Å². The van der Waals surface area contributed by atoms with Crippen LogP contribution in [0.1, 0.15) is 18.3 Å². The molecule has 0 aliphatic heterocycles. The first-order valence-corrected chi connectivity index (χ1v) is 6.93. The number of aromatic nitrogens is 4. The highest BCUT2D eigenvalue weighted by Gasteiger charge is 2.13. The molecular weight excluding hydrogens is 367 g/mol. The summed E-state index contributed by atoms with van der Waals surface area (Å²) in [5.74, 6) is 0. The van der Waals surface area contributed by atoms with E-state index in [2.05, 4.69) is 32.8 Å². The Balaban J connectivity index is 2.42. The summed E-state index contributed by atoms with van der Waals surface area (Å²) in [5, 5.41) is 9.01. The Hall–Kier alpha value is -0.890. The van der Waals surface area contributed by atoms with Gasteiger partial charge in [0.05, 0.1) is 29.2 Å². The zero-order chi connectivity index (χ0) is 13.3. The van der Waals surface area contributed by atoms with Crippen molar-refractivity contribution in [3.8, 4) is 0 Å². The standard InChI is InChI=1S/C11H12ClIN4O/c1-3-16-9(11(12)7(2)15-16)6-17-10(18)4-8(13)5-14-17/h4-5H,3,6H2,1-2H3. The largest absolute Gasteiger partial charge is 0.268 e. The molecule has 0 aromatic carbocycles. The topological polar surface area (TPSA) is 52.7 Å². The third-order valence-electron chi connectivity index (χ3n) is 2.59. The first-order chi connectivity index (χ1) is 8.52. The summed E-state index contributed by atoms with van der Waals surface area (Å²) < 4.78 is 4.00. The molecule has 0 N–H and O–H groups in total. The Morgan fingerprint density at radius 1 is 1.44 bits per heavy atom. The molecule has 7 heteroatoms. The molecule has 0 bridgehead atoms. The first-order valence-electron chi connectivity index (χ1n) is 5.47. The van der Waals surface area contributed by atoms with E-state index in [-0.39, 0.29) is 5.56 Å². The zero-order valence-electron chi connectivity index (χ0n) is 10.0. The van der Waals surface area contributed by atoms with Gasteiger partial charge in [-0.05, 0) is 36.4 Å². The summed E-state index contributed by atoms with van der Waals surface area (Å²) in [5.41, 5.74) is 1.44. The number of rotatable bonds is 3. The van der Waals surface area contributed by atoms with E-state index in [4.69, 9.17) is 11.6 Å². The van der Waals surface area contributed by atoms with Crippen molar-refractivity contribution in [2.45, 2.75) is 26.9 Å². The van der Waals surface area contributed by atoms with Gasteiger partial charge < -0.3 is 0 Å². The molecule has 2 aromatic heterocycles. The predicted molar refractivity (Wildman–Crippen MR) is 78.0 cm³/mol. The van der Waals surface area contributed by atoms with Crippen molar-refractivity contribution in [2.75, 3.05) is 0 Å². The molecule has 5 nitrogen and oxygen atoms in total. The smallest absolute Gasteiger partial charge is 0.268 e. The maximum Gasteiger partial charge on any atom is 0.268 e. The molecule has 0 radical (unpaired) electrons.